The van der Waals surface area contributed by atoms with Gasteiger partial charge >= 0.3 is 6.01 Å². The topological polar surface area (TPSA) is 73.1 Å². The van der Waals surface area contributed by atoms with Crippen molar-refractivity contribution in [2.75, 3.05) is 13.1 Å². The van der Waals surface area contributed by atoms with Crippen molar-refractivity contribution in [1.29, 1.82) is 0 Å². The van der Waals surface area contributed by atoms with Crippen molar-refractivity contribution >= 4 is 5.91 Å². The van der Waals surface area contributed by atoms with E-state index >= 15 is 0 Å². The van der Waals surface area contributed by atoms with E-state index in [1.54, 1.807) is 35.5 Å². The summed E-state index contributed by atoms with van der Waals surface area (Å²) in [7, 11) is 0. The normalized spacial score (nSPS) is 18.5. The number of aromatic nitrogens is 4. The second-order valence-corrected chi connectivity index (χ2v) is 4.96. The van der Waals surface area contributed by atoms with E-state index in [4.69, 9.17) is 4.74 Å². The number of likely N-dealkylation sites (tertiary alicyclic amines) is 1. The molecule has 0 bridgehead atoms. The molecule has 0 saturated carbocycles. The van der Waals surface area contributed by atoms with Crippen LogP contribution in [-0.2, 0) is 11.3 Å². The monoisotopic (exact) mass is 287 g/mol. The average Bonchev–Trinajstić information content (AvgIpc) is 3.01. The van der Waals surface area contributed by atoms with E-state index in [1.807, 2.05) is 11.0 Å². The molecular formula is C14H17N5O2. The zero-order valence-corrected chi connectivity index (χ0v) is 11.6. The Bertz CT molecular complexity index is 572. The second kappa shape index (κ2) is 6.34. The fourth-order valence-corrected chi connectivity index (χ4v) is 2.39. The minimum Gasteiger partial charge on any atom is -0.458 e. The van der Waals surface area contributed by atoms with E-state index < -0.39 is 0 Å². The molecule has 1 aliphatic heterocycles. The highest BCUT2D eigenvalue weighted by molar-refractivity contribution is 5.76. The summed E-state index contributed by atoms with van der Waals surface area (Å²) in [6.45, 7) is 1.59. The molecule has 7 nitrogen and oxygen atoms in total. The summed E-state index contributed by atoms with van der Waals surface area (Å²) in [4.78, 5) is 22.2. The Balaban J connectivity index is 1.56. The van der Waals surface area contributed by atoms with Crippen molar-refractivity contribution in [2.24, 2.45) is 0 Å². The van der Waals surface area contributed by atoms with Crippen LogP contribution >= 0.6 is 0 Å². The lowest BCUT2D eigenvalue weighted by Crippen LogP contribution is -2.45. The molecule has 1 saturated heterocycles. The molecule has 0 unspecified atom stereocenters. The first-order valence-electron chi connectivity index (χ1n) is 7.00. The summed E-state index contributed by atoms with van der Waals surface area (Å²) < 4.78 is 7.36. The zero-order valence-electron chi connectivity index (χ0n) is 11.6. The van der Waals surface area contributed by atoms with Crippen LogP contribution in [0.5, 0.6) is 6.01 Å². The van der Waals surface area contributed by atoms with Crippen molar-refractivity contribution < 1.29 is 9.53 Å². The molecule has 0 aromatic carbocycles. The molecule has 1 aliphatic rings. The molecule has 21 heavy (non-hydrogen) atoms. The molecule has 7 heteroatoms. The minimum atomic E-state index is -0.0530. The van der Waals surface area contributed by atoms with E-state index in [9.17, 15) is 4.79 Å². The minimum absolute atomic E-state index is 0.0530. The number of nitrogens with zero attached hydrogens (tertiary/aromatic N) is 5. The Morgan fingerprint density at radius 1 is 1.29 bits per heavy atom. The molecule has 1 fully saturated rings. The van der Waals surface area contributed by atoms with Gasteiger partial charge in [0.2, 0.25) is 5.91 Å². The van der Waals surface area contributed by atoms with Crippen LogP contribution in [0.1, 0.15) is 12.8 Å². The van der Waals surface area contributed by atoms with Crippen molar-refractivity contribution in [3.8, 4) is 6.01 Å². The molecule has 0 aliphatic carbocycles. The summed E-state index contributed by atoms with van der Waals surface area (Å²) >= 11 is 0. The van der Waals surface area contributed by atoms with Crippen molar-refractivity contribution in [3.05, 3.63) is 36.9 Å². The number of carbonyl (C=O) groups is 1. The van der Waals surface area contributed by atoms with Gasteiger partial charge in [0.15, 0.2) is 0 Å². The molecule has 2 aromatic rings. The maximum atomic E-state index is 12.2. The van der Waals surface area contributed by atoms with Crippen LogP contribution in [-0.4, -0.2) is 49.7 Å². The van der Waals surface area contributed by atoms with Crippen LogP contribution < -0.4 is 4.74 Å². The number of hydrogen-bond acceptors (Lipinski definition) is 5. The van der Waals surface area contributed by atoms with E-state index in [1.165, 1.54) is 0 Å². The molecule has 0 N–H and O–H groups in total. The van der Waals surface area contributed by atoms with Gasteiger partial charge in [0.05, 0.1) is 6.54 Å². The lowest BCUT2D eigenvalue weighted by atomic mass is 10.1. The van der Waals surface area contributed by atoms with Gasteiger partial charge in [-0.2, -0.15) is 5.10 Å². The predicted octanol–water partition coefficient (Wildman–Crippen LogP) is 0.743. The third kappa shape index (κ3) is 3.56. The highest BCUT2D eigenvalue weighted by Crippen LogP contribution is 2.15. The SMILES string of the molecule is O=C(Cn1cccn1)N1CCC[C@H](Oc2ncccn2)C1. The molecule has 1 atom stereocenters. The lowest BCUT2D eigenvalue weighted by Gasteiger charge is -2.32. The average molecular weight is 287 g/mol. The zero-order chi connectivity index (χ0) is 14.5. The summed E-state index contributed by atoms with van der Waals surface area (Å²) in [6.07, 6.45) is 8.52. The van der Waals surface area contributed by atoms with Gasteiger partial charge in [0.25, 0.3) is 0 Å². The van der Waals surface area contributed by atoms with Crippen molar-refractivity contribution in [3.63, 3.8) is 0 Å². The molecule has 0 spiro atoms. The number of ether oxygens (including phenoxy) is 1. The van der Waals surface area contributed by atoms with Gasteiger partial charge in [-0.05, 0) is 25.0 Å². The largest absolute Gasteiger partial charge is 0.458 e. The van der Waals surface area contributed by atoms with Gasteiger partial charge in [-0.25, -0.2) is 9.97 Å². The van der Waals surface area contributed by atoms with E-state index in [-0.39, 0.29) is 18.6 Å². The van der Waals surface area contributed by atoms with Gasteiger partial charge in [-0.1, -0.05) is 0 Å². The van der Waals surface area contributed by atoms with Gasteiger partial charge < -0.3 is 9.64 Å². The number of hydrogen-bond donors (Lipinski definition) is 0. The van der Waals surface area contributed by atoms with Gasteiger partial charge in [-0.15, -0.1) is 0 Å². The highest BCUT2D eigenvalue weighted by Gasteiger charge is 2.25. The number of piperidine rings is 1. The summed E-state index contributed by atoms with van der Waals surface area (Å²) in [6, 6.07) is 3.92. The Hall–Kier alpha value is -2.44. The first-order valence-corrected chi connectivity index (χ1v) is 7.00. The first kappa shape index (κ1) is 13.5. The van der Waals surface area contributed by atoms with Crippen LogP contribution in [0.4, 0.5) is 0 Å². The summed E-state index contributed by atoms with van der Waals surface area (Å²) in [5, 5.41) is 4.06. The maximum absolute atomic E-state index is 12.2. The van der Waals surface area contributed by atoms with Crippen LogP contribution in [0.15, 0.2) is 36.9 Å². The predicted molar refractivity (Wildman–Crippen MR) is 74.5 cm³/mol. The summed E-state index contributed by atoms with van der Waals surface area (Å²) in [5.41, 5.74) is 0. The highest BCUT2D eigenvalue weighted by atomic mass is 16.5. The molecule has 2 aromatic heterocycles. The van der Waals surface area contributed by atoms with Gasteiger partial charge in [0, 0.05) is 31.3 Å². The first-order chi connectivity index (χ1) is 10.3. The van der Waals surface area contributed by atoms with Gasteiger partial charge in [0.1, 0.15) is 12.6 Å². The van der Waals surface area contributed by atoms with E-state index in [2.05, 4.69) is 15.1 Å². The van der Waals surface area contributed by atoms with Crippen LogP contribution in [0.25, 0.3) is 0 Å². The van der Waals surface area contributed by atoms with Crippen LogP contribution in [0, 0.1) is 0 Å². The maximum Gasteiger partial charge on any atom is 0.316 e. The fraction of sp³-hybridized carbons (Fsp3) is 0.429. The number of carbonyl (C=O) groups excluding carboxylic acids is 1. The molecule has 0 radical (unpaired) electrons. The Morgan fingerprint density at radius 2 is 2.14 bits per heavy atom. The summed E-state index contributed by atoms with van der Waals surface area (Å²) in [5.74, 6) is 0.0565. The second-order valence-electron chi connectivity index (χ2n) is 4.96. The van der Waals surface area contributed by atoms with E-state index in [0.29, 0.717) is 12.6 Å². The van der Waals surface area contributed by atoms with Crippen LogP contribution in [0.3, 0.4) is 0 Å². The molecule has 110 valence electrons. The Kier molecular flexibility index (Phi) is 4.09. The number of amides is 1. The van der Waals surface area contributed by atoms with Gasteiger partial charge in [-0.3, -0.25) is 9.48 Å². The Morgan fingerprint density at radius 3 is 2.90 bits per heavy atom. The lowest BCUT2D eigenvalue weighted by molar-refractivity contribution is -0.134. The fourth-order valence-electron chi connectivity index (χ4n) is 2.39. The number of rotatable bonds is 4. The van der Waals surface area contributed by atoms with E-state index in [0.717, 1.165) is 19.4 Å². The third-order valence-electron chi connectivity index (χ3n) is 3.40. The third-order valence-corrected chi connectivity index (χ3v) is 3.40. The molecular weight excluding hydrogens is 270 g/mol. The van der Waals surface area contributed by atoms with Crippen molar-refractivity contribution in [1.82, 2.24) is 24.6 Å². The Labute approximate surface area is 122 Å². The van der Waals surface area contributed by atoms with Crippen LogP contribution in [0.2, 0.25) is 0 Å². The molecule has 3 heterocycles. The molecule has 1 amide bonds. The van der Waals surface area contributed by atoms with Crippen molar-refractivity contribution in [2.45, 2.75) is 25.5 Å². The smallest absolute Gasteiger partial charge is 0.316 e. The standard InChI is InChI=1S/C14H17N5O2/c20-13(11-19-9-3-7-17-19)18-8-1-4-12(10-18)21-14-15-5-2-6-16-14/h2-3,5-7,9,12H,1,4,8,10-11H2/t12-/m0/s1. The quantitative estimate of drug-likeness (QED) is 0.829. The molecule has 3 rings (SSSR count).